The molecule has 1 aliphatic carbocycles. The minimum atomic E-state index is 0.911. The Bertz CT molecular complexity index is 151. The summed E-state index contributed by atoms with van der Waals surface area (Å²) in [6.45, 7) is 3.92. The molecule has 11 heavy (non-hydrogen) atoms. The van der Waals surface area contributed by atoms with Crippen LogP contribution in [-0.4, -0.2) is 36.6 Å². The van der Waals surface area contributed by atoms with Crippen molar-refractivity contribution in [2.45, 2.75) is 31.3 Å². The number of piperazine rings is 1. The van der Waals surface area contributed by atoms with E-state index in [1.807, 2.05) is 0 Å². The van der Waals surface area contributed by atoms with E-state index in [-0.39, 0.29) is 0 Å². The van der Waals surface area contributed by atoms with Crippen LogP contribution in [0.4, 0.5) is 0 Å². The van der Waals surface area contributed by atoms with E-state index in [1.165, 1.54) is 38.9 Å². The Hall–Kier alpha value is -0.0800. The number of nitrogens with one attached hydrogen (secondary N) is 1. The third kappa shape index (κ3) is 1.00. The lowest BCUT2D eigenvalue weighted by Gasteiger charge is -2.53. The predicted octanol–water partition coefficient (Wildman–Crippen LogP) is 0.443. The lowest BCUT2D eigenvalue weighted by molar-refractivity contribution is -0.0167. The highest BCUT2D eigenvalue weighted by Crippen LogP contribution is 2.36. The quantitative estimate of drug-likeness (QED) is 0.618. The zero-order valence-corrected chi connectivity index (χ0v) is 6.92. The van der Waals surface area contributed by atoms with Gasteiger partial charge >= 0.3 is 0 Å². The molecule has 0 aromatic rings. The fourth-order valence-electron chi connectivity index (χ4n) is 2.46. The normalized spacial score (nSPS) is 43.6. The van der Waals surface area contributed by atoms with E-state index >= 15 is 0 Å². The number of hydrogen-bond acceptors (Lipinski definition) is 2. The van der Waals surface area contributed by atoms with Gasteiger partial charge in [0, 0.05) is 31.7 Å². The van der Waals surface area contributed by atoms with Crippen molar-refractivity contribution < 1.29 is 0 Å². The van der Waals surface area contributed by atoms with E-state index in [0.29, 0.717) is 0 Å². The minimum absolute atomic E-state index is 0.911. The molecule has 3 rings (SSSR count). The first-order chi connectivity index (χ1) is 5.43. The molecule has 3 fully saturated rings. The van der Waals surface area contributed by atoms with E-state index in [4.69, 9.17) is 0 Å². The van der Waals surface area contributed by atoms with Crippen molar-refractivity contribution >= 4 is 0 Å². The molecule has 2 saturated heterocycles. The number of fused-ring (bicyclic) bond motifs is 2. The van der Waals surface area contributed by atoms with E-state index in [9.17, 15) is 0 Å². The van der Waals surface area contributed by atoms with Gasteiger partial charge in [-0.1, -0.05) is 0 Å². The monoisotopic (exact) mass is 152 g/mol. The number of nitrogens with zero attached hydrogens (tertiary/aromatic N) is 1. The second-order valence-electron chi connectivity index (χ2n) is 4.34. The van der Waals surface area contributed by atoms with Gasteiger partial charge < -0.3 is 5.32 Å². The molecule has 1 saturated carbocycles. The molecule has 2 aliphatic heterocycles. The fraction of sp³-hybridized carbons (Fsp3) is 1.00. The van der Waals surface area contributed by atoms with Gasteiger partial charge in [-0.25, -0.2) is 0 Å². The summed E-state index contributed by atoms with van der Waals surface area (Å²) in [6.07, 6.45) is 4.48. The van der Waals surface area contributed by atoms with E-state index < -0.39 is 0 Å². The highest BCUT2D eigenvalue weighted by molar-refractivity contribution is 5.00. The first kappa shape index (κ1) is 6.44. The molecule has 2 atom stereocenters. The Labute approximate surface area is 68.0 Å². The van der Waals surface area contributed by atoms with Gasteiger partial charge in [-0.2, -0.15) is 0 Å². The van der Waals surface area contributed by atoms with Crippen molar-refractivity contribution in [2.75, 3.05) is 19.6 Å². The summed E-state index contributed by atoms with van der Waals surface area (Å²) in [4.78, 5) is 2.73. The van der Waals surface area contributed by atoms with Crippen LogP contribution in [0, 0.1) is 5.92 Å². The maximum Gasteiger partial charge on any atom is 0.0239 e. The number of rotatable bonds is 2. The third-order valence-electron chi connectivity index (χ3n) is 3.41. The zero-order valence-electron chi connectivity index (χ0n) is 6.92. The van der Waals surface area contributed by atoms with Crippen molar-refractivity contribution in [3.63, 3.8) is 0 Å². The summed E-state index contributed by atoms with van der Waals surface area (Å²) in [5.41, 5.74) is 0. The average Bonchev–Trinajstić information content (AvgIpc) is 2.85. The van der Waals surface area contributed by atoms with Crippen LogP contribution in [0.15, 0.2) is 0 Å². The van der Waals surface area contributed by atoms with Crippen LogP contribution in [0.25, 0.3) is 0 Å². The van der Waals surface area contributed by atoms with E-state index in [2.05, 4.69) is 10.2 Å². The summed E-state index contributed by atoms with van der Waals surface area (Å²) >= 11 is 0. The Morgan fingerprint density at radius 1 is 1.18 bits per heavy atom. The third-order valence-corrected chi connectivity index (χ3v) is 3.41. The molecule has 0 amide bonds. The van der Waals surface area contributed by atoms with Gasteiger partial charge in [0.2, 0.25) is 0 Å². The van der Waals surface area contributed by atoms with Crippen molar-refractivity contribution in [2.24, 2.45) is 5.92 Å². The molecular formula is C9H16N2. The van der Waals surface area contributed by atoms with Crippen molar-refractivity contribution in [3.8, 4) is 0 Å². The highest BCUT2D eigenvalue weighted by Gasteiger charge is 2.43. The second kappa shape index (κ2) is 2.20. The molecule has 2 nitrogen and oxygen atoms in total. The molecule has 0 aromatic heterocycles. The topological polar surface area (TPSA) is 15.3 Å². The Morgan fingerprint density at radius 3 is 2.45 bits per heavy atom. The molecule has 0 radical (unpaired) electrons. The van der Waals surface area contributed by atoms with Crippen LogP contribution in [0.5, 0.6) is 0 Å². The van der Waals surface area contributed by atoms with Gasteiger partial charge in [0.15, 0.2) is 0 Å². The van der Waals surface area contributed by atoms with Crippen LogP contribution in [0.3, 0.4) is 0 Å². The maximum atomic E-state index is 3.47. The van der Waals surface area contributed by atoms with Crippen LogP contribution in [0.1, 0.15) is 19.3 Å². The van der Waals surface area contributed by atoms with Crippen LogP contribution >= 0.6 is 0 Å². The Morgan fingerprint density at radius 2 is 1.91 bits per heavy atom. The molecule has 62 valence electrons. The summed E-state index contributed by atoms with van der Waals surface area (Å²) in [7, 11) is 0. The Kier molecular flexibility index (Phi) is 1.29. The maximum absolute atomic E-state index is 3.47. The Balaban J connectivity index is 1.60. The van der Waals surface area contributed by atoms with Gasteiger partial charge in [0.1, 0.15) is 0 Å². The first-order valence-corrected chi connectivity index (χ1v) is 4.90. The van der Waals surface area contributed by atoms with Gasteiger partial charge in [0.25, 0.3) is 0 Å². The number of hydrogen-bond donors (Lipinski definition) is 1. The molecule has 0 spiro atoms. The molecular weight excluding hydrogens is 136 g/mol. The van der Waals surface area contributed by atoms with E-state index in [0.717, 1.165) is 18.0 Å². The van der Waals surface area contributed by atoms with Crippen molar-refractivity contribution in [1.82, 2.24) is 10.2 Å². The van der Waals surface area contributed by atoms with Crippen molar-refractivity contribution in [1.29, 1.82) is 0 Å². The van der Waals surface area contributed by atoms with Gasteiger partial charge in [0.05, 0.1) is 0 Å². The molecule has 2 unspecified atom stereocenters. The van der Waals surface area contributed by atoms with E-state index in [1.54, 1.807) is 0 Å². The first-order valence-electron chi connectivity index (χ1n) is 4.90. The summed E-state index contributed by atoms with van der Waals surface area (Å²) in [5.74, 6) is 1.08. The molecule has 0 aromatic carbocycles. The van der Waals surface area contributed by atoms with Gasteiger partial charge in [-0.15, -0.1) is 0 Å². The lowest BCUT2D eigenvalue weighted by Crippen LogP contribution is -2.67. The largest absolute Gasteiger partial charge is 0.314 e. The van der Waals surface area contributed by atoms with Gasteiger partial charge in [-0.05, 0) is 25.2 Å². The summed E-state index contributed by atoms with van der Waals surface area (Å²) < 4.78 is 0. The standard InChI is InChI=1S/C9H16N2/c1-2-7(1)6-11-8-3-9(11)5-10-4-8/h7-10H,1-6H2. The van der Waals surface area contributed by atoms with Crippen molar-refractivity contribution in [3.05, 3.63) is 0 Å². The summed E-state index contributed by atoms with van der Waals surface area (Å²) in [6, 6.07) is 1.82. The molecule has 2 heterocycles. The molecule has 2 heteroatoms. The van der Waals surface area contributed by atoms with Crippen LogP contribution < -0.4 is 5.32 Å². The smallest absolute Gasteiger partial charge is 0.0239 e. The highest BCUT2D eigenvalue weighted by atomic mass is 15.3. The predicted molar refractivity (Wildman–Crippen MR) is 44.5 cm³/mol. The molecule has 3 aliphatic rings. The SMILES string of the molecule is C1CC1CN1C2CNCC1C2. The van der Waals surface area contributed by atoms with Gasteiger partial charge in [-0.3, -0.25) is 4.90 Å². The average molecular weight is 152 g/mol. The molecule has 2 bridgehead atoms. The molecule has 1 N–H and O–H groups in total. The second-order valence-corrected chi connectivity index (χ2v) is 4.34. The lowest BCUT2D eigenvalue weighted by atomic mass is 9.88. The minimum Gasteiger partial charge on any atom is -0.314 e. The zero-order chi connectivity index (χ0) is 7.26. The fourth-order valence-corrected chi connectivity index (χ4v) is 2.46. The van der Waals surface area contributed by atoms with Crippen LogP contribution in [-0.2, 0) is 0 Å². The number of piperidine rings is 1. The summed E-state index contributed by atoms with van der Waals surface area (Å²) in [5, 5.41) is 3.47. The van der Waals surface area contributed by atoms with Crippen LogP contribution in [0.2, 0.25) is 0 Å².